The van der Waals surface area contributed by atoms with Crippen LogP contribution in [-0.4, -0.2) is 6.18 Å². The van der Waals surface area contributed by atoms with Gasteiger partial charge in [0.1, 0.15) is 0 Å². The zero-order valence-electron chi connectivity index (χ0n) is 7.10. The lowest BCUT2D eigenvalue weighted by atomic mass is 9.77. The van der Waals surface area contributed by atoms with E-state index in [1.54, 1.807) is 18.2 Å². The molecule has 0 aliphatic heterocycles. The van der Waals surface area contributed by atoms with Crippen LogP contribution in [0.1, 0.15) is 18.4 Å². The Morgan fingerprint density at radius 2 is 2.00 bits per heavy atom. The van der Waals surface area contributed by atoms with E-state index in [1.807, 2.05) is 0 Å². The van der Waals surface area contributed by atoms with Crippen LogP contribution in [0.25, 0.3) is 0 Å². The second kappa shape index (κ2) is 2.25. The van der Waals surface area contributed by atoms with Crippen LogP contribution < -0.4 is 0 Å². The molecule has 0 aromatic heterocycles. The molecule has 64 valence electrons. The van der Waals surface area contributed by atoms with Gasteiger partial charge in [0.15, 0.2) is 0 Å². The number of alkyl halides is 3. The Morgan fingerprint density at radius 1 is 1.33 bits per heavy atom. The van der Waals surface area contributed by atoms with E-state index in [1.165, 1.54) is 6.07 Å². The van der Waals surface area contributed by atoms with E-state index in [0.29, 0.717) is 5.56 Å². The van der Waals surface area contributed by atoms with Crippen LogP contribution in [0.4, 0.5) is 13.2 Å². The highest BCUT2D eigenvalue weighted by atomic mass is 19.4. The lowest BCUT2D eigenvalue weighted by molar-refractivity contribution is -0.155. The van der Waals surface area contributed by atoms with Crippen molar-refractivity contribution in [3.63, 3.8) is 0 Å². The van der Waals surface area contributed by atoms with Gasteiger partial charge in [0.2, 0.25) is 0 Å². The summed E-state index contributed by atoms with van der Waals surface area (Å²) in [6, 6.07) is 6.25. The molecule has 0 saturated carbocycles. The van der Waals surface area contributed by atoms with Crippen LogP contribution >= 0.6 is 0 Å². The third-order valence-electron chi connectivity index (χ3n) is 2.03. The lowest BCUT2D eigenvalue weighted by Crippen LogP contribution is -2.30. The van der Waals surface area contributed by atoms with E-state index in [4.69, 9.17) is 1.37 Å². The average molecular weight is 173 g/mol. The Morgan fingerprint density at radius 3 is 2.67 bits per heavy atom. The SMILES string of the molecule is [2H][C@H]1c2ccccc2[C@H]1C(F)(F)F. The summed E-state index contributed by atoms with van der Waals surface area (Å²) in [5, 5.41) is 0. The average Bonchev–Trinajstić information content (AvgIpc) is 2.00. The molecule has 0 radical (unpaired) electrons. The molecule has 12 heavy (non-hydrogen) atoms. The molecule has 0 nitrogen and oxygen atoms in total. The van der Waals surface area contributed by atoms with Gasteiger partial charge in [-0.3, -0.25) is 0 Å². The first-order valence-electron chi connectivity index (χ1n) is 4.17. The Balaban J connectivity index is 2.40. The maximum absolute atomic E-state index is 12.3. The number of fused-ring (bicyclic) bond motifs is 1. The van der Waals surface area contributed by atoms with Gasteiger partial charge >= 0.3 is 6.18 Å². The van der Waals surface area contributed by atoms with E-state index in [9.17, 15) is 13.2 Å². The molecule has 0 N–H and O–H groups in total. The van der Waals surface area contributed by atoms with Crippen LogP contribution in [0.2, 0.25) is 0 Å². The molecule has 1 aromatic carbocycles. The summed E-state index contributed by atoms with van der Waals surface area (Å²) < 4.78 is 44.2. The van der Waals surface area contributed by atoms with Crippen LogP contribution in [0.5, 0.6) is 0 Å². The molecule has 2 rings (SSSR count). The van der Waals surface area contributed by atoms with Crippen molar-refractivity contribution < 1.29 is 14.5 Å². The Bertz CT molecular complexity index is 332. The molecule has 1 aliphatic carbocycles. The Labute approximate surface area is 69.4 Å². The molecule has 0 spiro atoms. The van der Waals surface area contributed by atoms with E-state index in [-0.39, 0.29) is 5.56 Å². The molecule has 3 heteroatoms. The predicted octanol–water partition coefficient (Wildman–Crippen LogP) is 2.89. The molecular weight excluding hydrogens is 165 g/mol. The Kier molecular flexibility index (Phi) is 1.22. The van der Waals surface area contributed by atoms with Gasteiger partial charge < -0.3 is 0 Å². The lowest BCUT2D eigenvalue weighted by Gasteiger charge is -2.31. The van der Waals surface area contributed by atoms with Gasteiger partial charge in [0.05, 0.1) is 5.92 Å². The summed E-state index contributed by atoms with van der Waals surface area (Å²) >= 11 is 0. The monoisotopic (exact) mass is 173 g/mol. The number of benzene rings is 1. The van der Waals surface area contributed by atoms with Crippen molar-refractivity contribution in [2.24, 2.45) is 0 Å². The highest BCUT2D eigenvalue weighted by Gasteiger charge is 2.46. The first kappa shape index (κ1) is 6.52. The van der Waals surface area contributed by atoms with Gasteiger partial charge in [-0.25, -0.2) is 0 Å². The molecule has 0 fully saturated rings. The van der Waals surface area contributed by atoms with Crippen molar-refractivity contribution in [2.75, 3.05) is 0 Å². The van der Waals surface area contributed by atoms with Gasteiger partial charge in [0, 0.05) is 1.37 Å². The molecule has 0 unspecified atom stereocenters. The second-order valence-corrected chi connectivity index (χ2v) is 2.81. The van der Waals surface area contributed by atoms with Crippen molar-refractivity contribution in [3.05, 3.63) is 35.4 Å². The maximum atomic E-state index is 12.3. The third kappa shape index (κ3) is 1.00. The number of hydrogen-bond acceptors (Lipinski definition) is 0. The van der Waals surface area contributed by atoms with Crippen molar-refractivity contribution in [3.8, 4) is 0 Å². The summed E-state index contributed by atoms with van der Waals surface area (Å²) in [7, 11) is 0. The van der Waals surface area contributed by atoms with Crippen LogP contribution in [0.3, 0.4) is 0 Å². The summed E-state index contributed by atoms with van der Waals surface area (Å²) in [4.78, 5) is 0. The van der Waals surface area contributed by atoms with Gasteiger partial charge in [0.25, 0.3) is 0 Å². The van der Waals surface area contributed by atoms with E-state index in [2.05, 4.69) is 0 Å². The minimum absolute atomic E-state index is 0.259. The normalized spacial score (nSPS) is 28.8. The minimum Gasteiger partial charge on any atom is -0.170 e. The van der Waals surface area contributed by atoms with Gasteiger partial charge in [-0.1, -0.05) is 24.3 Å². The predicted molar refractivity (Wildman–Crippen MR) is 38.9 cm³/mol. The fourth-order valence-electron chi connectivity index (χ4n) is 1.39. The number of hydrogen-bond donors (Lipinski definition) is 0. The maximum Gasteiger partial charge on any atom is 0.396 e. The Hall–Kier alpha value is -0.990. The summed E-state index contributed by atoms with van der Waals surface area (Å²) in [6.07, 6.45) is -5.41. The van der Waals surface area contributed by atoms with Gasteiger partial charge in [-0.05, 0) is 17.5 Å². The largest absolute Gasteiger partial charge is 0.396 e. The summed E-state index contributed by atoms with van der Waals surface area (Å²) in [5.74, 6) is -1.58. The first-order chi connectivity index (χ1) is 6.02. The summed E-state index contributed by atoms with van der Waals surface area (Å²) in [6.45, 7) is 0. The van der Waals surface area contributed by atoms with Crippen LogP contribution in [-0.2, 0) is 6.40 Å². The minimum atomic E-state index is -4.28. The zero-order chi connectivity index (χ0) is 9.64. The fraction of sp³-hybridized carbons (Fsp3) is 0.333. The van der Waals surface area contributed by atoms with Crippen molar-refractivity contribution in [2.45, 2.75) is 18.5 Å². The number of rotatable bonds is 0. The molecule has 0 amide bonds. The van der Waals surface area contributed by atoms with E-state index >= 15 is 0 Å². The quantitative estimate of drug-likeness (QED) is 0.565. The summed E-state index contributed by atoms with van der Waals surface area (Å²) in [5.41, 5.74) is 0.764. The smallest absolute Gasteiger partial charge is 0.170 e. The fourth-order valence-corrected chi connectivity index (χ4v) is 1.39. The topological polar surface area (TPSA) is 0 Å². The molecule has 0 heterocycles. The highest BCUT2D eigenvalue weighted by Crippen LogP contribution is 2.45. The highest BCUT2D eigenvalue weighted by molar-refractivity contribution is 5.40. The van der Waals surface area contributed by atoms with E-state index < -0.39 is 18.5 Å². The first-order valence-corrected chi connectivity index (χ1v) is 3.59. The molecule has 1 aromatic rings. The second-order valence-electron chi connectivity index (χ2n) is 2.81. The van der Waals surface area contributed by atoms with Gasteiger partial charge in [-0.2, -0.15) is 13.2 Å². The third-order valence-corrected chi connectivity index (χ3v) is 2.03. The van der Waals surface area contributed by atoms with Crippen LogP contribution in [0, 0.1) is 0 Å². The van der Waals surface area contributed by atoms with Crippen molar-refractivity contribution in [1.29, 1.82) is 0 Å². The molecule has 0 bridgehead atoms. The van der Waals surface area contributed by atoms with Crippen molar-refractivity contribution in [1.82, 2.24) is 0 Å². The molecule has 0 saturated heterocycles. The van der Waals surface area contributed by atoms with Crippen molar-refractivity contribution >= 4 is 0 Å². The van der Waals surface area contributed by atoms with E-state index in [0.717, 1.165) is 0 Å². The molecule has 2 atom stereocenters. The zero-order valence-corrected chi connectivity index (χ0v) is 6.10. The van der Waals surface area contributed by atoms with Crippen LogP contribution in [0.15, 0.2) is 24.3 Å². The number of halogens is 3. The standard InChI is InChI=1S/C9H7F3/c10-9(11,12)8-5-6-3-1-2-4-7(6)8/h1-4,8H,5H2/t8-/m0/s1/i5D/t5-,8-. The molecular formula is C9H7F3. The van der Waals surface area contributed by atoms with Gasteiger partial charge in [-0.15, -0.1) is 0 Å². The molecule has 1 aliphatic rings.